The Hall–Kier alpha value is -1.78. The van der Waals surface area contributed by atoms with E-state index in [1.54, 1.807) is 14.2 Å². The molecule has 0 heterocycles. The van der Waals surface area contributed by atoms with Crippen LogP contribution in [0.3, 0.4) is 0 Å². The first-order valence-corrected chi connectivity index (χ1v) is 9.21. The van der Waals surface area contributed by atoms with Crippen LogP contribution in [0.5, 0.6) is 11.5 Å². The fourth-order valence-corrected chi connectivity index (χ4v) is 3.39. The SMILES string of the molecule is COc1cc(I)c(CCN(C)C(C#N)Cc2ccccc2)cc1OC. The summed E-state index contributed by atoms with van der Waals surface area (Å²) < 4.78 is 11.9. The van der Waals surface area contributed by atoms with E-state index in [2.05, 4.69) is 45.7 Å². The molecule has 1 unspecified atom stereocenters. The minimum atomic E-state index is -0.139. The molecular formula is C20H23IN2O2. The normalized spacial score (nSPS) is 11.8. The molecule has 132 valence electrons. The van der Waals surface area contributed by atoms with E-state index in [9.17, 15) is 5.26 Å². The molecule has 4 nitrogen and oxygen atoms in total. The van der Waals surface area contributed by atoms with Crippen LogP contribution in [0.2, 0.25) is 0 Å². The molecule has 0 aliphatic heterocycles. The van der Waals surface area contributed by atoms with Gasteiger partial charge in [-0.25, -0.2) is 0 Å². The van der Waals surface area contributed by atoms with Gasteiger partial charge in [-0.1, -0.05) is 30.3 Å². The first-order valence-electron chi connectivity index (χ1n) is 8.13. The molecule has 0 N–H and O–H groups in total. The van der Waals surface area contributed by atoms with Crippen molar-refractivity contribution in [3.05, 3.63) is 57.2 Å². The molecule has 0 spiro atoms. The largest absolute Gasteiger partial charge is 0.493 e. The van der Waals surface area contributed by atoms with Crippen molar-refractivity contribution in [2.75, 3.05) is 27.8 Å². The summed E-state index contributed by atoms with van der Waals surface area (Å²) in [5, 5.41) is 9.53. The summed E-state index contributed by atoms with van der Waals surface area (Å²) in [6.07, 6.45) is 1.58. The minimum absolute atomic E-state index is 0.139. The van der Waals surface area contributed by atoms with Gasteiger partial charge in [0.1, 0.15) is 6.04 Å². The molecule has 1 atom stereocenters. The second-order valence-electron chi connectivity index (χ2n) is 5.86. The molecule has 2 aromatic rings. The number of ether oxygens (including phenoxy) is 2. The van der Waals surface area contributed by atoms with E-state index in [0.717, 1.165) is 34.5 Å². The van der Waals surface area contributed by atoms with Crippen LogP contribution in [0, 0.1) is 14.9 Å². The lowest BCUT2D eigenvalue weighted by Gasteiger charge is -2.23. The standard InChI is InChI=1S/C20H23IN2O2/c1-23(17(14-22)11-15-7-5-4-6-8-15)10-9-16-12-19(24-2)20(25-3)13-18(16)21/h4-8,12-13,17H,9-11H2,1-3H3. The summed E-state index contributed by atoms with van der Waals surface area (Å²) in [7, 11) is 5.29. The zero-order chi connectivity index (χ0) is 18.2. The summed E-state index contributed by atoms with van der Waals surface area (Å²) in [6, 6.07) is 16.4. The number of rotatable bonds is 8. The molecule has 2 aromatic carbocycles. The minimum Gasteiger partial charge on any atom is -0.493 e. The van der Waals surface area contributed by atoms with Crippen LogP contribution in [0.15, 0.2) is 42.5 Å². The average Bonchev–Trinajstić information content (AvgIpc) is 2.65. The highest BCUT2D eigenvalue weighted by atomic mass is 127. The van der Waals surface area contributed by atoms with Gasteiger partial charge in [0, 0.05) is 16.5 Å². The molecule has 0 fully saturated rings. The Balaban J connectivity index is 2.03. The number of halogens is 1. The molecule has 0 aliphatic carbocycles. The third kappa shape index (κ3) is 5.35. The molecule has 0 aromatic heterocycles. The number of hydrogen-bond acceptors (Lipinski definition) is 4. The fraction of sp³-hybridized carbons (Fsp3) is 0.350. The topological polar surface area (TPSA) is 45.5 Å². The molecule has 0 amide bonds. The fourth-order valence-electron chi connectivity index (χ4n) is 2.68. The summed E-state index contributed by atoms with van der Waals surface area (Å²) in [4.78, 5) is 2.11. The van der Waals surface area contributed by atoms with Crippen molar-refractivity contribution in [1.82, 2.24) is 4.90 Å². The van der Waals surface area contributed by atoms with Gasteiger partial charge >= 0.3 is 0 Å². The highest BCUT2D eigenvalue weighted by Gasteiger charge is 2.16. The van der Waals surface area contributed by atoms with Crippen LogP contribution in [0.1, 0.15) is 11.1 Å². The van der Waals surface area contributed by atoms with Gasteiger partial charge in [0.05, 0.1) is 20.3 Å². The van der Waals surface area contributed by atoms with Gasteiger partial charge in [0.15, 0.2) is 11.5 Å². The van der Waals surface area contributed by atoms with E-state index in [1.165, 1.54) is 11.1 Å². The predicted molar refractivity (Wildman–Crippen MR) is 108 cm³/mol. The highest BCUT2D eigenvalue weighted by Crippen LogP contribution is 2.31. The molecule has 0 aliphatic rings. The van der Waals surface area contributed by atoms with Crippen molar-refractivity contribution < 1.29 is 9.47 Å². The first kappa shape index (κ1) is 19.5. The van der Waals surface area contributed by atoms with Gasteiger partial charge in [-0.3, -0.25) is 4.90 Å². The van der Waals surface area contributed by atoms with E-state index in [0.29, 0.717) is 0 Å². The van der Waals surface area contributed by atoms with Crippen LogP contribution in [0.25, 0.3) is 0 Å². The van der Waals surface area contributed by atoms with Gasteiger partial charge in [-0.05, 0) is 59.3 Å². The van der Waals surface area contributed by atoms with Gasteiger partial charge in [-0.15, -0.1) is 0 Å². The van der Waals surface area contributed by atoms with E-state index in [-0.39, 0.29) is 6.04 Å². The Morgan fingerprint density at radius 1 is 1.12 bits per heavy atom. The monoisotopic (exact) mass is 450 g/mol. The Morgan fingerprint density at radius 3 is 2.36 bits per heavy atom. The van der Waals surface area contributed by atoms with Crippen molar-refractivity contribution in [3.63, 3.8) is 0 Å². The van der Waals surface area contributed by atoms with Crippen LogP contribution in [-0.4, -0.2) is 38.8 Å². The van der Waals surface area contributed by atoms with Crippen LogP contribution in [-0.2, 0) is 12.8 Å². The van der Waals surface area contributed by atoms with Crippen LogP contribution >= 0.6 is 22.6 Å². The zero-order valence-corrected chi connectivity index (χ0v) is 17.0. The van der Waals surface area contributed by atoms with Gasteiger partial charge in [-0.2, -0.15) is 5.26 Å². The number of nitrogens with zero attached hydrogens (tertiary/aromatic N) is 2. The molecule has 5 heteroatoms. The Kier molecular flexibility index (Phi) is 7.53. The molecule has 0 saturated heterocycles. The Labute approximate surface area is 163 Å². The molecule has 0 radical (unpaired) electrons. The summed E-state index contributed by atoms with van der Waals surface area (Å²) in [5.74, 6) is 1.48. The number of hydrogen-bond donors (Lipinski definition) is 0. The van der Waals surface area contributed by atoms with E-state index in [1.807, 2.05) is 37.4 Å². The second kappa shape index (κ2) is 9.64. The lowest BCUT2D eigenvalue weighted by Crippen LogP contribution is -2.34. The first-order chi connectivity index (χ1) is 12.1. The van der Waals surface area contributed by atoms with Crippen LogP contribution < -0.4 is 9.47 Å². The number of benzene rings is 2. The highest BCUT2D eigenvalue weighted by molar-refractivity contribution is 14.1. The molecule has 2 rings (SSSR count). The maximum absolute atomic E-state index is 9.53. The van der Waals surface area contributed by atoms with Gasteiger partial charge < -0.3 is 9.47 Å². The maximum atomic E-state index is 9.53. The molecule has 25 heavy (non-hydrogen) atoms. The molecule has 0 saturated carbocycles. The third-order valence-electron chi connectivity index (χ3n) is 4.24. The van der Waals surface area contributed by atoms with Crippen molar-refractivity contribution in [1.29, 1.82) is 5.26 Å². The third-order valence-corrected chi connectivity index (χ3v) is 5.24. The number of likely N-dealkylation sites (N-methyl/N-ethyl adjacent to an activating group) is 1. The molecule has 0 bridgehead atoms. The summed E-state index contributed by atoms with van der Waals surface area (Å²) >= 11 is 2.32. The lowest BCUT2D eigenvalue weighted by atomic mass is 10.1. The van der Waals surface area contributed by atoms with Gasteiger partial charge in [0.2, 0.25) is 0 Å². The maximum Gasteiger partial charge on any atom is 0.161 e. The quantitative estimate of drug-likeness (QED) is 0.573. The van der Waals surface area contributed by atoms with Crippen molar-refractivity contribution in [2.45, 2.75) is 18.9 Å². The van der Waals surface area contributed by atoms with E-state index < -0.39 is 0 Å². The smallest absolute Gasteiger partial charge is 0.161 e. The predicted octanol–water partition coefficient (Wildman–Crippen LogP) is 3.92. The summed E-state index contributed by atoms with van der Waals surface area (Å²) in [6.45, 7) is 0.802. The number of nitriles is 1. The van der Waals surface area contributed by atoms with Crippen molar-refractivity contribution in [2.24, 2.45) is 0 Å². The van der Waals surface area contributed by atoms with E-state index >= 15 is 0 Å². The number of methoxy groups -OCH3 is 2. The Bertz CT molecular complexity index is 728. The van der Waals surface area contributed by atoms with Crippen molar-refractivity contribution in [3.8, 4) is 17.6 Å². The zero-order valence-electron chi connectivity index (χ0n) is 14.8. The van der Waals surface area contributed by atoms with E-state index in [4.69, 9.17) is 9.47 Å². The Morgan fingerprint density at radius 2 is 1.76 bits per heavy atom. The average molecular weight is 450 g/mol. The van der Waals surface area contributed by atoms with Crippen molar-refractivity contribution >= 4 is 22.6 Å². The lowest BCUT2D eigenvalue weighted by molar-refractivity contribution is 0.289. The van der Waals surface area contributed by atoms with Gasteiger partial charge in [0.25, 0.3) is 0 Å². The summed E-state index contributed by atoms with van der Waals surface area (Å²) in [5.41, 5.74) is 2.38. The second-order valence-corrected chi connectivity index (χ2v) is 7.03. The van der Waals surface area contributed by atoms with Crippen LogP contribution in [0.4, 0.5) is 0 Å². The molecular weight excluding hydrogens is 427 g/mol.